The minimum absolute atomic E-state index is 0.0282. The van der Waals surface area contributed by atoms with E-state index < -0.39 is 23.0 Å². The molecular weight excluding hydrogens is 199 g/mol. The molecule has 0 unspecified atom stereocenters. The third-order valence-electron chi connectivity index (χ3n) is 1.60. The van der Waals surface area contributed by atoms with Crippen molar-refractivity contribution in [3.05, 3.63) is 34.2 Å². The molecule has 0 aliphatic heterocycles. The Balaban J connectivity index is 3.44. The summed E-state index contributed by atoms with van der Waals surface area (Å²) in [5.41, 5.74) is -2.38. The van der Waals surface area contributed by atoms with Gasteiger partial charge in [-0.2, -0.15) is 13.2 Å². The zero-order chi connectivity index (χ0) is 10.8. The van der Waals surface area contributed by atoms with Gasteiger partial charge < -0.3 is 0 Å². The monoisotopic (exact) mass is 203 g/mol. The zero-order valence-corrected chi connectivity index (χ0v) is 6.71. The van der Waals surface area contributed by atoms with Gasteiger partial charge in [-0.25, -0.2) is 0 Å². The third-order valence-corrected chi connectivity index (χ3v) is 1.60. The number of hydrogen-bond donors (Lipinski definition) is 0. The van der Waals surface area contributed by atoms with Crippen LogP contribution in [0.25, 0.3) is 0 Å². The maximum Gasteiger partial charge on any atom is 0.417 e. The Morgan fingerprint density at radius 2 is 1.93 bits per heavy atom. The Hall–Kier alpha value is -1.72. The van der Waals surface area contributed by atoms with E-state index in [9.17, 15) is 22.9 Å². The number of halogens is 3. The minimum Gasteiger partial charge on any atom is -0.298 e. The molecule has 0 saturated heterocycles. The van der Waals surface area contributed by atoms with Crippen LogP contribution in [0.4, 0.5) is 18.9 Å². The smallest absolute Gasteiger partial charge is 0.298 e. The fraction of sp³-hybridized carbons (Fsp3) is 0.125. The van der Waals surface area contributed by atoms with Crippen LogP contribution in [0.15, 0.2) is 23.4 Å². The van der Waals surface area contributed by atoms with Gasteiger partial charge in [0.15, 0.2) is 6.29 Å². The fourth-order valence-corrected chi connectivity index (χ4v) is 1.00. The average Bonchev–Trinajstić information content (AvgIpc) is 2.15. The van der Waals surface area contributed by atoms with Crippen LogP contribution in [-0.4, -0.2) is 6.29 Å². The Morgan fingerprint density at radius 1 is 1.29 bits per heavy atom. The molecule has 0 heterocycles. The highest BCUT2D eigenvalue weighted by Gasteiger charge is 2.34. The van der Waals surface area contributed by atoms with Gasteiger partial charge in [-0.1, -0.05) is 6.07 Å². The van der Waals surface area contributed by atoms with Crippen molar-refractivity contribution in [3.63, 3.8) is 0 Å². The maximum atomic E-state index is 12.2. The van der Waals surface area contributed by atoms with E-state index in [4.69, 9.17) is 0 Å². The van der Waals surface area contributed by atoms with Gasteiger partial charge in [0.2, 0.25) is 0 Å². The lowest BCUT2D eigenvalue weighted by Gasteiger charge is -2.09. The van der Waals surface area contributed by atoms with E-state index in [1.807, 2.05) is 0 Å². The number of aldehydes is 1. The molecule has 0 atom stereocenters. The van der Waals surface area contributed by atoms with Crippen LogP contribution < -0.4 is 0 Å². The SMILES string of the molecule is O=Cc1c(N=O)cccc1C(F)(F)F. The minimum atomic E-state index is -4.66. The highest BCUT2D eigenvalue weighted by atomic mass is 19.4. The van der Waals surface area contributed by atoms with Gasteiger partial charge in [-0.15, -0.1) is 4.91 Å². The second kappa shape index (κ2) is 3.57. The van der Waals surface area contributed by atoms with E-state index >= 15 is 0 Å². The number of nitroso groups, excluding NO2 is 1. The molecule has 74 valence electrons. The van der Waals surface area contributed by atoms with Crippen LogP contribution in [0.1, 0.15) is 15.9 Å². The molecule has 0 aliphatic carbocycles. The average molecular weight is 203 g/mol. The summed E-state index contributed by atoms with van der Waals surface area (Å²) in [6.07, 6.45) is -4.68. The molecule has 1 aromatic carbocycles. The van der Waals surface area contributed by atoms with E-state index in [0.29, 0.717) is 0 Å². The Morgan fingerprint density at radius 3 is 2.36 bits per heavy atom. The predicted molar refractivity (Wildman–Crippen MR) is 42.3 cm³/mol. The van der Waals surface area contributed by atoms with Crippen LogP contribution in [0.5, 0.6) is 0 Å². The second-order valence-electron chi connectivity index (χ2n) is 2.45. The number of benzene rings is 1. The first kappa shape index (κ1) is 10.4. The van der Waals surface area contributed by atoms with Gasteiger partial charge in [0, 0.05) is 0 Å². The molecule has 1 aromatic rings. The summed E-state index contributed by atoms with van der Waals surface area (Å²) >= 11 is 0. The van der Waals surface area contributed by atoms with E-state index in [-0.39, 0.29) is 6.29 Å². The molecule has 6 heteroatoms. The van der Waals surface area contributed by atoms with E-state index in [0.717, 1.165) is 18.2 Å². The molecule has 1 rings (SSSR count). The van der Waals surface area contributed by atoms with Crippen LogP contribution in [0.2, 0.25) is 0 Å². The summed E-state index contributed by atoms with van der Waals surface area (Å²) in [5, 5.41) is 2.33. The van der Waals surface area contributed by atoms with Crippen LogP contribution >= 0.6 is 0 Å². The summed E-state index contributed by atoms with van der Waals surface area (Å²) in [7, 11) is 0. The van der Waals surface area contributed by atoms with Crippen molar-refractivity contribution in [1.29, 1.82) is 0 Å². The first-order valence-corrected chi connectivity index (χ1v) is 3.49. The van der Waals surface area contributed by atoms with Gasteiger partial charge in [0.05, 0.1) is 11.1 Å². The number of carbonyl (C=O) groups excluding carboxylic acids is 1. The van der Waals surface area contributed by atoms with Gasteiger partial charge in [-0.05, 0) is 17.3 Å². The van der Waals surface area contributed by atoms with Crippen molar-refractivity contribution >= 4 is 12.0 Å². The third kappa shape index (κ3) is 1.78. The Bertz CT molecular complexity index is 373. The lowest BCUT2D eigenvalue weighted by atomic mass is 10.1. The molecule has 0 aromatic heterocycles. The quantitative estimate of drug-likeness (QED) is 0.548. The molecule has 0 fully saturated rings. The van der Waals surface area contributed by atoms with Crippen LogP contribution in [-0.2, 0) is 6.18 Å². The van der Waals surface area contributed by atoms with Crippen molar-refractivity contribution in [2.45, 2.75) is 6.18 Å². The topological polar surface area (TPSA) is 46.5 Å². The number of carbonyl (C=O) groups is 1. The number of alkyl halides is 3. The lowest BCUT2D eigenvalue weighted by molar-refractivity contribution is -0.137. The molecule has 0 bridgehead atoms. The molecule has 14 heavy (non-hydrogen) atoms. The Labute approximate surface area is 76.5 Å². The van der Waals surface area contributed by atoms with E-state index in [1.54, 1.807) is 0 Å². The highest BCUT2D eigenvalue weighted by molar-refractivity contribution is 5.85. The predicted octanol–water partition coefficient (Wildman–Crippen LogP) is 2.92. The second-order valence-corrected chi connectivity index (χ2v) is 2.45. The summed E-state index contributed by atoms with van der Waals surface area (Å²) in [6, 6.07) is 2.79. The normalized spacial score (nSPS) is 11.1. The molecule has 0 saturated carbocycles. The Kier molecular flexibility index (Phi) is 2.64. The number of rotatable bonds is 2. The molecular formula is C8H4F3NO2. The van der Waals surface area contributed by atoms with E-state index in [1.165, 1.54) is 0 Å². The lowest BCUT2D eigenvalue weighted by Crippen LogP contribution is -2.08. The molecule has 0 radical (unpaired) electrons. The largest absolute Gasteiger partial charge is 0.417 e. The fourth-order valence-electron chi connectivity index (χ4n) is 1.00. The summed E-state index contributed by atoms with van der Waals surface area (Å²) in [5.74, 6) is 0. The van der Waals surface area contributed by atoms with Gasteiger partial charge >= 0.3 is 6.18 Å². The molecule has 0 aliphatic rings. The van der Waals surface area contributed by atoms with E-state index in [2.05, 4.69) is 5.18 Å². The van der Waals surface area contributed by atoms with Crippen LogP contribution in [0.3, 0.4) is 0 Å². The molecule has 3 nitrogen and oxygen atoms in total. The molecule has 0 spiro atoms. The molecule has 0 amide bonds. The van der Waals surface area contributed by atoms with Gasteiger partial charge in [0.1, 0.15) is 5.69 Å². The maximum absolute atomic E-state index is 12.2. The molecule has 0 N–H and O–H groups in total. The highest BCUT2D eigenvalue weighted by Crippen LogP contribution is 2.34. The summed E-state index contributed by atoms with van der Waals surface area (Å²) < 4.78 is 36.7. The summed E-state index contributed by atoms with van der Waals surface area (Å²) in [6.45, 7) is 0. The summed E-state index contributed by atoms with van der Waals surface area (Å²) in [4.78, 5) is 20.4. The first-order valence-electron chi connectivity index (χ1n) is 3.49. The standard InChI is InChI=1S/C8H4F3NO2/c9-8(10,11)6-2-1-3-7(12-14)5(6)4-13/h1-4H. The zero-order valence-electron chi connectivity index (χ0n) is 6.71. The first-order chi connectivity index (χ1) is 6.50. The van der Waals surface area contributed by atoms with Crippen molar-refractivity contribution < 1.29 is 18.0 Å². The van der Waals surface area contributed by atoms with Crippen molar-refractivity contribution in [2.75, 3.05) is 0 Å². The van der Waals surface area contributed by atoms with Crippen molar-refractivity contribution in [1.82, 2.24) is 0 Å². The van der Waals surface area contributed by atoms with Crippen molar-refractivity contribution in [2.24, 2.45) is 5.18 Å². The van der Waals surface area contributed by atoms with Gasteiger partial charge in [-0.3, -0.25) is 4.79 Å². The van der Waals surface area contributed by atoms with Crippen molar-refractivity contribution in [3.8, 4) is 0 Å². The number of nitrogens with zero attached hydrogens (tertiary/aromatic N) is 1. The van der Waals surface area contributed by atoms with Gasteiger partial charge in [0.25, 0.3) is 0 Å². The van der Waals surface area contributed by atoms with Crippen LogP contribution in [0, 0.1) is 4.91 Å². The number of hydrogen-bond acceptors (Lipinski definition) is 3.